The van der Waals surface area contributed by atoms with Gasteiger partial charge in [-0.25, -0.2) is 18.2 Å². The van der Waals surface area contributed by atoms with Crippen LogP contribution in [0.5, 0.6) is 0 Å². The fourth-order valence-corrected chi connectivity index (χ4v) is 3.05. The summed E-state index contributed by atoms with van der Waals surface area (Å²) in [5.41, 5.74) is 0. The summed E-state index contributed by atoms with van der Waals surface area (Å²) in [7, 11) is -0.161. The number of rotatable bonds is 7. The van der Waals surface area contributed by atoms with Crippen LogP contribution in [0.15, 0.2) is 0 Å². The highest BCUT2D eigenvalue weighted by Crippen LogP contribution is 1.95. The molecule has 0 saturated heterocycles. The summed E-state index contributed by atoms with van der Waals surface area (Å²) in [6, 6.07) is 0. The highest BCUT2D eigenvalue weighted by molar-refractivity contribution is 7.80. The van der Waals surface area contributed by atoms with Gasteiger partial charge in [-0.2, -0.15) is 0 Å². The van der Waals surface area contributed by atoms with Crippen molar-refractivity contribution in [2.75, 3.05) is 39.5 Å². The minimum atomic E-state index is -4.42. The quantitative estimate of drug-likeness (QED) is 0.229. The summed E-state index contributed by atoms with van der Waals surface area (Å²) in [5.74, 6) is 1.24. The molecule has 0 radical (unpaired) electrons. The molecule has 0 aliphatic heterocycles. The zero-order valence-corrected chi connectivity index (χ0v) is 15.7. The number of hydrogen-bond donors (Lipinski definition) is 0. The summed E-state index contributed by atoms with van der Waals surface area (Å²) in [6.45, 7) is 10.2. The molecule has 21 heavy (non-hydrogen) atoms. The lowest BCUT2D eigenvalue weighted by molar-refractivity contribution is 0.275. The molecule has 0 aliphatic rings. The van der Waals surface area contributed by atoms with Crippen LogP contribution in [-0.2, 0) is 25.9 Å². The molecule has 0 aromatic rings. The van der Waals surface area contributed by atoms with Gasteiger partial charge in [0.1, 0.15) is 0 Å². The number of unbranched alkanes of at least 4 members (excludes halogenated alkanes) is 1. The van der Waals surface area contributed by atoms with Gasteiger partial charge in [0.15, 0.2) is 5.75 Å². The lowest BCUT2D eigenvalue weighted by Gasteiger charge is -2.18. The molecule has 0 N–H and O–H groups in total. The molecule has 0 saturated carbocycles. The molecule has 0 aromatic heterocycles. The molecule has 0 unspecified atom stereocenters. The van der Waals surface area contributed by atoms with Gasteiger partial charge in [-0.3, -0.25) is 4.18 Å². The van der Waals surface area contributed by atoms with Crippen molar-refractivity contribution in [2.24, 2.45) is 0 Å². The Balaban J connectivity index is 0. The van der Waals surface area contributed by atoms with E-state index < -0.39 is 10.4 Å². The lowest BCUT2D eigenvalue weighted by Crippen LogP contribution is -2.41. The molecule has 0 heterocycles. The van der Waals surface area contributed by atoms with Crippen molar-refractivity contribution in [3.8, 4) is 0 Å². The second-order valence-electron chi connectivity index (χ2n) is 4.37. The lowest BCUT2D eigenvalue weighted by atomic mass is 10.4. The molecule has 128 valence electrons. The summed E-state index contributed by atoms with van der Waals surface area (Å²) < 4.78 is 32.0. The molecule has 0 spiro atoms. The van der Waals surface area contributed by atoms with Gasteiger partial charge >= 0.3 is 5.11 Å². The second-order valence-corrected chi connectivity index (χ2v) is 6.48. The second kappa shape index (κ2) is 13.5. The Kier molecular flexibility index (Phi) is 14.9. The van der Waals surface area contributed by atoms with E-state index in [0.29, 0.717) is 0 Å². The Morgan fingerprint density at radius 2 is 1.67 bits per heavy atom. The van der Waals surface area contributed by atoms with Crippen molar-refractivity contribution < 1.29 is 17.2 Å². The van der Waals surface area contributed by atoms with E-state index in [0.717, 1.165) is 13.1 Å². The minimum Gasteiger partial charge on any atom is -0.726 e. The standard InChI is InChI=1S/C11H25N2S.C2H6O4S/c1-6-9-10-14-11(12(4)5)13(7-2)8-3;1-2-6-7(3,4)5/h6-10H2,1-5H3;2H2,1H3,(H,3,4,5)/q+1;/p-1. The molecule has 0 amide bonds. The van der Waals surface area contributed by atoms with Crippen LogP contribution in [0, 0.1) is 0 Å². The predicted molar refractivity (Wildman–Crippen MR) is 90.1 cm³/mol. The van der Waals surface area contributed by atoms with Crippen LogP contribution in [0.1, 0.15) is 40.5 Å². The van der Waals surface area contributed by atoms with E-state index in [1.54, 1.807) is 0 Å². The monoisotopic (exact) mass is 342 g/mol. The Morgan fingerprint density at radius 1 is 1.14 bits per heavy atom. The Morgan fingerprint density at radius 3 is 1.90 bits per heavy atom. The maximum absolute atomic E-state index is 9.45. The molecule has 0 bridgehead atoms. The van der Waals surface area contributed by atoms with Gasteiger partial charge in [0.2, 0.25) is 21.7 Å². The summed E-state index contributed by atoms with van der Waals surface area (Å²) in [6.07, 6.45) is 2.59. The van der Waals surface area contributed by atoms with Gasteiger partial charge in [-0.15, -0.1) is 0 Å². The first-order valence-electron chi connectivity index (χ1n) is 7.25. The van der Waals surface area contributed by atoms with Crippen LogP contribution in [0.4, 0.5) is 0 Å². The maximum atomic E-state index is 9.45. The SMILES string of the molecule is CCCC/[S+]=C(\N(C)C)N(CC)CC.CCOS(=O)(=O)[O-]. The van der Waals surface area contributed by atoms with Gasteiger partial charge in [0.05, 0.1) is 6.61 Å². The highest BCUT2D eigenvalue weighted by Gasteiger charge is 2.19. The first kappa shape index (κ1) is 23.2. The predicted octanol–water partition coefficient (Wildman–Crippen LogP) is 1.34. The van der Waals surface area contributed by atoms with E-state index in [4.69, 9.17) is 0 Å². The molecule has 0 rings (SSSR count). The van der Waals surface area contributed by atoms with Crippen LogP contribution in [0.2, 0.25) is 0 Å². The van der Waals surface area contributed by atoms with Crippen LogP contribution in [-0.4, -0.2) is 67.4 Å². The Labute approximate surface area is 134 Å². The molecule has 0 fully saturated rings. The van der Waals surface area contributed by atoms with Crippen LogP contribution < -0.4 is 0 Å². The van der Waals surface area contributed by atoms with Gasteiger partial charge in [0.25, 0.3) is 0 Å². The minimum absolute atomic E-state index is 0.0914. The molecule has 0 atom stereocenters. The van der Waals surface area contributed by atoms with Gasteiger partial charge in [-0.05, 0) is 21.0 Å². The molecular weight excluding hydrogens is 312 g/mol. The zero-order chi connectivity index (χ0) is 16.9. The molecule has 6 nitrogen and oxygen atoms in total. The van der Waals surface area contributed by atoms with Gasteiger partial charge in [-0.1, -0.05) is 27.2 Å². The highest BCUT2D eigenvalue weighted by atomic mass is 32.3. The van der Waals surface area contributed by atoms with E-state index in [-0.39, 0.29) is 6.61 Å². The van der Waals surface area contributed by atoms with Crippen LogP contribution >= 0.6 is 0 Å². The third-order valence-electron chi connectivity index (χ3n) is 2.41. The smallest absolute Gasteiger partial charge is 0.324 e. The summed E-state index contributed by atoms with van der Waals surface area (Å²) in [4.78, 5) is 4.65. The van der Waals surface area contributed by atoms with E-state index in [9.17, 15) is 13.0 Å². The molecule has 0 aromatic carbocycles. The summed E-state index contributed by atoms with van der Waals surface area (Å²) >= 11 is 1.98. The van der Waals surface area contributed by atoms with Gasteiger partial charge < -0.3 is 4.55 Å². The van der Waals surface area contributed by atoms with Crippen LogP contribution in [0.3, 0.4) is 0 Å². The Bertz CT molecular complexity index is 366. The van der Waals surface area contributed by atoms with Crippen molar-refractivity contribution in [3.63, 3.8) is 0 Å². The zero-order valence-electron chi connectivity index (χ0n) is 14.1. The maximum Gasteiger partial charge on any atom is 0.324 e. The van der Waals surface area contributed by atoms with Gasteiger partial charge in [0, 0.05) is 19.5 Å². The van der Waals surface area contributed by atoms with Crippen molar-refractivity contribution in [1.82, 2.24) is 9.80 Å². The van der Waals surface area contributed by atoms with E-state index in [2.05, 4.69) is 48.8 Å². The van der Waals surface area contributed by atoms with E-state index in [1.807, 2.05) is 11.4 Å². The third kappa shape index (κ3) is 14.6. The summed E-state index contributed by atoms with van der Waals surface area (Å²) in [5, 5.41) is 1.41. The topological polar surface area (TPSA) is 72.9 Å². The largest absolute Gasteiger partial charge is 0.726 e. The van der Waals surface area contributed by atoms with Crippen molar-refractivity contribution >= 4 is 26.9 Å². The fourth-order valence-electron chi connectivity index (χ4n) is 1.45. The van der Waals surface area contributed by atoms with E-state index in [1.165, 1.54) is 30.6 Å². The number of nitrogens with zero attached hydrogens (tertiary/aromatic N) is 2. The van der Waals surface area contributed by atoms with Crippen molar-refractivity contribution in [1.29, 1.82) is 0 Å². The molecular formula is C13H30N2O4S2. The molecule has 8 heteroatoms. The first-order valence-corrected chi connectivity index (χ1v) is 9.57. The van der Waals surface area contributed by atoms with Crippen molar-refractivity contribution in [2.45, 2.75) is 40.5 Å². The van der Waals surface area contributed by atoms with Crippen molar-refractivity contribution in [3.05, 3.63) is 0 Å². The molecule has 0 aliphatic carbocycles. The Hall–Kier alpha value is -0.120. The first-order chi connectivity index (χ1) is 9.73. The average molecular weight is 343 g/mol. The normalized spacial score (nSPS) is 12.5. The average Bonchev–Trinajstić information content (AvgIpc) is 2.37. The van der Waals surface area contributed by atoms with Crippen LogP contribution in [0.25, 0.3) is 0 Å². The van der Waals surface area contributed by atoms with E-state index >= 15 is 0 Å². The fraction of sp³-hybridized carbons (Fsp3) is 0.923. The third-order valence-corrected chi connectivity index (χ3v) is 4.31. The number of hydrogen-bond acceptors (Lipinski definition) is 4.